The maximum absolute atomic E-state index is 13.1. The molecule has 3 aromatic rings. The van der Waals surface area contributed by atoms with Gasteiger partial charge in [0, 0.05) is 29.0 Å². The maximum atomic E-state index is 13.1. The molecule has 2 heterocycles. The van der Waals surface area contributed by atoms with Crippen LogP contribution in [-0.4, -0.2) is 51.3 Å². The number of aliphatic carboxylic acids is 1. The molecule has 0 saturated carbocycles. The van der Waals surface area contributed by atoms with Gasteiger partial charge in [-0.25, -0.2) is 9.18 Å². The molecule has 0 spiro atoms. The van der Waals surface area contributed by atoms with E-state index in [0.29, 0.717) is 34.5 Å². The summed E-state index contributed by atoms with van der Waals surface area (Å²) in [4.78, 5) is 34.9. The fourth-order valence-electron chi connectivity index (χ4n) is 3.05. The summed E-state index contributed by atoms with van der Waals surface area (Å²) in [7, 11) is 0. The van der Waals surface area contributed by atoms with Crippen LogP contribution in [0.25, 0.3) is 10.6 Å². The van der Waals surface area contributed by atoms with Crippen LogP contribution in [0, 0.1) is 11.7 Å². The largest absolute Gasteiger partial charge is 0.490 e. The van der Waals surface area contributed by atoms with Crippen LogP contribution in [0.15, 0.2) is 53.9 Å². The fraction of sp³-hybridized carbons (Fsp3) is 0.320. The van der Waals surface area contributed by atoms with Gasteiger partial charge in [0.25, 0.3) is 0 Å². The van der Waals surface area contributed by atoms with Crippen molar-refractivity contribution in [3.8, 4) is 10.6 Å². The Labute approximate surface area is 235 Å². The molecule has 0 saturated heterocycles. The van der Waals surface area contributed by atoms with Crippen LogP contribution in [0.1, 0.15) is 25.1 Å². The average Bonchev–Trinajstić information content (AvgIpc) is 3.55. The average molecular weight is 602 g/mol. The van der Waals surface area contributed by atoms with Crippen molar-refractivity contribution in [2.45, 2.75) is 44.9 Å². The molecular formula is C25H27F4N5O4S2. The number of amides is 2. The number of halogens is 4. The van der Waals surface area contributed by atoms with Gasteiger partial charge in [-0.05, 0) is 48.1 Å². The number of carboxylic acids is 1. The Bertz CT molecular complexity index is 1280. The van der Waals surface area contributed by atoms with E-state index in [1.807, 2.05) is 31.4 Å². The van der Waals surface area contributed by atoms with Gasteiger partial charge in [0.2, 0.25) is 16.9 Å². The van der Waals surface area contributed by atoms with Gasteiger partial charge in [0.1, 0.15) is 10.8 Å². The van der Waals surface area contributed by atoms with E-state index < -0.39 is 18.2 Å². The molecule has 3 rings (SSSR count). The fourth-order valence-corrected chi connectivity index (χ4v) is 4.57. The Morgan fingerprint density at radius 2 is 1.77 bits per heavy atom. The Hall–Kier alpha value is -3.69. The summed E-state index contributed by atoms with van der Waals surface area (Å²) >= 11 is 2.75. The molecule has 216 valence electrons. The maximum Gasteiger partial charge on any atom is 0.490 e. The van der Waals surface area contributed by atoms with Gasteiger partial charge in [-0.3, -0.25) is 14.9 Å². The molecule has 2 amide bonds. The van der Waals surface area contributed by atoms with E-state index in [4.69, 9.17) is 15.6 Å². The van der Waals surface area contributed by atoms with Crippen molar-refractivity contribution in [3.05, 3.63) is 64.6 Å². The van der Waals surface area contributed by atoms with Gasteiger partial charge in [0.05, 0.1) is 6.04 Å². The highest BCUT2D eigenvalue weighted by Crippen LogP contribution is 2.26. The van der Waals surface area contributed by atoms with Crippen LogP contribution >= 0.6 is 22.7 Å². The van der Waals surface area contributed by atoms with Gasteiger partial charge in [-0.1, -0.05) is 37.3 Å². The molecule has 0 radical (unpaired) electrons. The summed E-state index contributed by atoms with van der Waals surface area (Å²) in [6.07, 6.45) is -0.922. The van der Waals surface area contributed by atoms with E-state index in [9.17, 15) is 27.2 Å². The summed E-state index contributed by atoms with van der Waals surface area (Å²) in [5.41, 5.74) is 6.77. The smallest absolute Gasteiger partial charge is 0.475 e. The van der Waals surface area contributed by atoms with Gasteiger partial charge in [-0.2, -0.15) is 13.2 Å². The van der Waals surface area contributed by atoms with Crippen LogP contribution in [0.5, 0.6) is 0 Å². The summed E-state index contributed by atoms with van der Waals surface area (Å²) in [6.45, 7) is 4.08. The summed E-state index contributed by atoms with van der Waals surface area (Å²) < 4.78 is 44.8. The Kier molecular flexibility index (Phi) is 12.4. The van der Waals surface area contributed by atoms with E-state index in [0.717, 1.165) is 4.88 Å². The molecule has 40 heavy (non-hydrogen) atoms. The molecule has 2 aromatic heterocycles. The SMILES string of the molecule is CC(C)C[C@@H](/C=C/C(=O)Nc1nnc(-c2ccc(F)cc2)s1)NC(=O)[C@@H](N)Cc1cccs1.O=C(O)C(F)(F)F. The summed E-state index contributed by atoms with van der Waals surface area (Å²) in [5.74, 6) is -3.43. The third kappa shape index (κ3) is 11.6. The van der Waals surface area contributed by atoms with Gasteiger partial charge >= 0.3 is 12.1 Å². The van der Waals surface area contributed by atoms with Crippen molar-refractivity contribution in [2.24, 2.45) is 11.7 Å². The molecule has 0 aliphatic rings. The molecule has 5 N–H and O–H groups in total. The van der Waals surface area contributed by atoms with Gasteiger partial charge in [-0.15, -0.1) is 21.5 Å². The van der Waals surface area contributed by atoms with E-state index in [1.54, 1.807) is 29.5 Å². The number of thiophene rings is 1. The third-order valence-electron chi connectivity index (χ3n) is 4.86. The second-order valence-corrected chi connectivity index (χ2v) is 10.7. The molecule has 0 aliphatic heterocycles. The zero-order valence-corrected chi connectivity index (χ0v) is 22.9. The number of nitrogens with two attached hydrogens (primary N) is 1. The topological polar surface area (TPSA) is 147 Å². The highest BCUT2D eigenvalue weighted by molar-refractivity contribution is 7.18. The number of hydrogen-bond acceptors (Lipinski definition) is 8. The number of carboxylic acid groups (broad SMARTS) is 1. The van der Waals surface area contributed by atoms with Crippen molar-refractivity contribution in [2.75, 3.05) is 5.32 Å². The lowest BCUT2D eigenvalue weighted by atomic mass is 10.0. The van der Waals surface area contributed by atoms with Crippen LogP contribution in [0.3, 0.4) is 0 Å². The predicted molar refractivity (Wildman–Crippen MR) is 144 cm³/mol. The number of alkyl halides is 3. The first kappa shape index (κ1) is 32.5. The molecule has 0 bridgehead atoms. The van der Waals surface area contributed by atoms with Crippen molar-refractivity contribution in [1.29, 1.82) is 0 Å². The zero-order chi connectivity index (χ0) is 29.9. The number of rotatable bonds is 10. The highest BCUT2D eigenvalue weighted by Gasteiger charge is 2.38. The minimum absolute atomic E-state index is 0.257. The van der Waals surface area contributed by atoms with Crippen LogP contribution in [0.2, 0.25) is 0 Å². The molecule has 1 aromatic carbocycles. The minimum atomic E-state index is -5.08. The number of carbonyl (C=O) groups is 3. The second kappa shape index (κ2) is 15.2. The number of nitrogens with zero attached hydrogens (tertiary/aromatic N) is 2. The lowest BCUT2D eigenvalue weighted by Crippen LogP contribution is -2.46. The standard InChI is InChI=1S/C23H26FN5O2S2.C2HF3O2/c1-14(2)12-17(26-21(31)19(25)13-18-4-3-11-32-18)9-10-20(30)27-23-29-28-22(33-23)15-5-7-16(24)8-6-15;3-2(4,5)1(6)7/h3-11,14,17,19H,12-13,25H2,1-2H3,(H,26,31)(H,27,29,30);(H,6,7)/b10-9+;/t17-,19+;/m1./s1. The number of carbonyl (C=O) groups excluding carboxylic acids is 2. The van der Waals surface area contributed by atoms with Crippen molar-refractivity contribution < 1.29 is 37.1 Å². The first-order valence-electron chi connectivity index (χ1n) is 11.7. The first-order valence-corrected chi connectivity index (χ1v) is 13.4. The van der Waals surface area contributed by atoms with Crippen LogP contribution in [-0.2, 0) is 20.8 Å². The minimum Gasteiger partial charge on any atom is -0.475 e. The van der Waals surface area contributed by atoms with Crippen molar-refractivity contribution >= 4 is 45.6 Å². The molecule has 15 heteroatoms. The lowest BCUT2D eigenvalue weighted by Gasteiger charge is -2.19. The molecular weight excluding hydrogens is 574 g/mol. The molecule has 2 atom stereocenters. The monoisotopic (exact) mass is 601 g/mol. The number of nitrogens with one attached hydrogen (secondary N) is 2. The summed E-state index contributed by atoms with van der Waals surface area (Å²) in [6, 6.07) is 8.76. The predicted octanol–water partition coefficient (Wildman–Crippen LogP) is 4.63. The van der Waals surface area contributed by atoms with E-state index in [2.05, 4.69) is 20.8 Å². The Morgan fingerprint density at radius 1 is 1.12 bits per heavy atom. The summed E-state index contributed by atoms with van der Waals surface area (Å²) in [5, 5.41) is 23.6. The van der Waals surface area contributed by atoms with Crippen LogP contribution < -0.4 is 16.4 Å². The Morgan fingerprint density at radius 3 is 2.33 bits per heavy atom. The van der Waals surface area contributed by atoms with Gasteiger partial charge in [0.15, 0.2) is 0 Å². The first-order chi connectivity index (χ1) is 18.7. The van der Waals surface area contributed by atoms with E-state index in [1.165, 1.54) is 29.5 Å². The van der Waals surface area contributed by atoms with Gasteiger partial charge < -0.3 is 16.2 Å². The third-order valence-corrected chi connectivity index (χ3v) is 6.65. The second-order valence-electron chi connectivity index (χ2n) is 8.71. The highest BCUT2D eigenvalue weighted by atomic mass is 32.1. The van der Waals surface area contributed by atoms with E-state index >= 15 is 0 Å². The molecule has 9 nitrogen and oxygen atoms in total. The number of hydrogen-bond donors (Lipinski definition) is 4. The van der Waals surface area contributed by atoms with Crippen LogP contribution in [0.4, 0.5) is 22.7 Å². The lowest BCUT2D eigenvalue weighted by molar-refractivity contribution is -0.192. The number of anilines is 1. The normalized spacial score (nSPS) is 12.9. The van der Waals surface area contributed by atoms with Crippen molar-refractivity contribution in [3.63, 3.8) is 0 Å². The zero-order valence-electron chi connectivity index (χ0n) is 21.3. The molecule has 0 aliphatic carbocycles. The number of aromatic nitrogens is 2. The van der Waals surface area contributed by atoms with Crippen molar-refractivity contribution in [1.82, 2.24) is 15.5 Å². The number of benzene rings is 1. The molecule has 0 unspecified atom stereocenters. The quantitative estimate of drug-likeness (QED) is 0.196. The molecule has 0 fully saturated rings. The van der Waals surface area contributed by atoms with E-state index in [-0.39, 0.29) is 23.7 Å². The Balaban J connectivity index is 0.000000708.